The van der Waals surface area contributed by atoms with E-state index in [-0.39, 0.29) is 11.1 Å². The van der Waals surface area contributed by atoms with Crippen molar-refractivity contribution < 1.29 is 0 Å². The van der Waals surface area contributed by atoms with Crippen LogP contribution in [0.1, 0.15) is 45.7 Å². The number of benzene rings is 2. The molecule has 2 heteroatoms. The van der Waals surface area contributed by atoms with E-state index in [4.69, 9.17) is 6.57 Å². The second-order valence-electron chi connectivity index (χ2n) is 6.22. The molecule has 0 aliphatic rings. The van der Waals surface area contributed by atoms with Gasteiger partial charge in [0, 0.05) is 5.22 Å². The van der Waals surface area contributed by atoms with Crippen LogP contribution in [0.3, 0.4) is 0 Å². The van der Waals surface area contributed by atoms with E-state index in [1.54, 1.807) is 0 Å². The molecule has 118 valence electrons. The molecule has 2 rings (SSSR count). The van der Waals surface area contributed by atoms with Crippen LogP contribution in [0.15, 0.2) is 24.3 Å². The number of hydrogen-bond acceptors (Lipinski definition) is 1. The van der Waals surface area contributed by atoms with Crippen molar-refractivity contribution in [2.24, 2.45) is 0 Å². The Morgan fingerprint density at radius 2 is 1.70 bits per heavy atom. The van der Waals surface area contributed by atoms with Gasteiger partial charge in [0.1, 0.15) is 0 Å². The number of nitrogens with zero attached hydrogens (tertiary/aromatic N) is 2. The summed E-state index contributed by atoms with van der Waals surface area (Å²) in [6, 6.07) is 9.91. The Bertz CT molecular complexity index is 898. The van der Waals surface area contributed by atoms with Crippen LogP contribution in [0.4, 0.5) is 0 Å². The average Bonchev–Trinajstić information content (AvgIpc) is 2.52. The largest absolute Gasteiger partial charge is 0.269 e. The zero-order valence-corrected chi connectivity index (χ0v) is 14.9. The van der Waals surface area contributed by atoms with Crippen LogP contribution < -0.4 is 10.4 Å². The average molecular weight is 304 g/mol. The summed E-state index contributed by atoms with van der Waals surface area (Å²) in [5, 5.41) is 13.0. The highest BCUT2D eigenvalue weighted by molar-refractivity contribution is 5.89. The maximum absolute atomic E-state index is 9.31. The summed E-state index contributed by atoms with van der Waals surface area (Å²) in [4.78, 5) is 3.43. The van der Waals surface area contributed by atoms with E-state index < -0.39 is 0 Å². The Kier molecular flexibility index (Phi) is 5.72. The molecule has 2 aromatic carbocycles. The molecule has 0 aromatic heterocycles. The van der Waals surface area contributed by atoms with Gasteiger partial charge in [-0.25, -0.2) is 10.1 Å². The lowest BCUT2D eigenvalue weighted by Gasteiger charge is -2.24. The summed E-state index contributed by atoms with van der Waals surface area (Å²) in [6.07, 6.45) is 0. The minimum Gasteiger partial charge on any atom is -0.226 e. The van der Waals surface area contributed by atoms with Gasteiger partial charge in [0.15, 0.2) is 0 Å². The van der Waals surface area contributed by atoms with Crippen molar-refractivity contribution >= 4 is 23.0 Å². The lowest BCUT2D eigenvalue weighted by Crippen LogP contribution is -2.30. The van der Waals surface area contributed by atoms with Crippen LogP contribution in [0.25, 0.3) is 27.9 Å². The molecule has 0 saturated carbocycles. The first-order valence-electron chi connectivity index (χ1n) is 7.85. The maximum atomic E-state index is 9.31. The van der Waals surface area contributed by atoms with Crippen LogP contribution in [-0.4, -0.2) is 0 Å². The SMILES string of the molecule is CC.[C-]#[N+]/C(C#N)=c1\c(C)c(C(C)(C)C)c(=C)c2ccccc12. The van der Waals surface area contributed by atoms with Crippen LogP contribution in [0.5, 0.6) is 0 Å². The van der Waals surface area contributed by atoms with E-state index >= 15 is 0 Å². The van der Waals surface area contributed by atoms with Crippen LogP contribution in [-0.2, 0) is 5.41 Å². The summed E-state index contributed by atoms with van der Waals surface area (Å²) >= 11 is 0. The zero-order chi connectivity index (χ0) is 17.8. The zero-order valence-electron chi connectivity index (χ0n) is 14.9. The molecule has 2 aromatic rings. The van der Waals surface area contributed by atoms with Crippen LogP contribution in [0.2, 0.25) is 0 Å². The molecule has 0 saturated heterocycles. The Hall–Kier alpha value is -2.58. The predicted octanol–water partition coefficient (Wildman–Crippen LogP) is 4.43. The van der Waals surface area contributed by atoms with Crippen molar-refractivity contribution in [3.63, 3.8) is 0 Å². The lowest BCUT2D eigenvalue weighted by molar-refractivity contribution is 0.582. The standard InChI is InChI=1S/C19H18N2.C2H6/c1-12-14-9-7-8-10-15(14)17(16(11-20)21-6)13(2)18(12)19(3,4)5;1-2/h7-10H,1H2,2-5H3;1-2H3/b17-16+;. The first kappa shape index (κ1) is 18.5. The number of rotatable bonds is 0. The monoisotopic (exact) mass is 304 g/mol. The summed E-state index contributed by atoms with van der Waals surface area (Å²) in [5.74, 6) is 0. The van der Waals surface area contributed by atoms with Crippen LogP contribution in [0, 0.1) is 24.8 Å². The van der Waals surface area contributed by atoms with Crippen molar-refractivity contribution in [1.29, 1.82) is 5.26 Å². The second kappa shape index (κ2) is 7.12. The quantitative estimate of drug-likeness (QED) is 0.662. The Labute approximate surface area is 139 Å². The van der Waals surface area contributed by atoms with Gasteiger partial charge in [-0.3, -0.25) is 0 Å². The Morgan fingerprint density at radius 1 is 1.17 bits per heavy atom. The van der Waals surface area contributed by atoms with Gasteiger partial charge in [0.2, 0.25) is 0 Å². The van der Waals surface area contributed by atoms with Gasteiger partial charge in [-0.05, 0) is 39.5 Å². The van der Waals surface area contributed by atoms with Gasteiger partial charge in [-0.15, -0.1) is 0 Å². The van der Waals surface area contributed by atoms with Gasteiger partial charge < -0.3 is 0 Å². The van der Waals surface area contributed by atoms with Crippen molar-refractivity contribution in [3.8, 4) is 6.07 Å². The third kappa shape index (κ3) is 3.27. The highest BCUT2D eigenvalue weighted by atomic mass is 14.7. The predicted molar refractivity (Wildman–Crippen MR) is 99.1 cm³/mol. The van der Waals surface area contributed by atoms with Crippen molar-refractivity contribution in [1.82, 2.24) is 0 Å². The topological polar surface area (TPSA) is 28.1 Å². The number of fused-ring (bicyclic) bond motifs is 1. The second-order valence-corrected chi connectivity index (χ2v) is 6.22. The number of nitriles is 1. The van der Waals surface area contributed by atoms with Crippen molar-refractivity contribution in [3.05, 3.63) is 57.2 Å². The fourth-order valence-corrected chi connectivity index (χ4v) is 3.11. The van der Waals surface area contributed by atoms with E-state index in [0.29, 0.717) is 0 Å². The highest BCUT2D eigenvalue weighted by Crippen LogP contribution is 2.23. The molecule has 0 unspecified atom stereocenters. The molecule has 23 heavy (non-hydrogen) atoms. The molecule has 0 aliphatic carbocycles. The van der Waals surface area contributed by atoms with Gasteiger partial charge in [-0.2, -0.15) is 0 Å². The van der Waals surface area contributed by atoms with E-state index in [1.165, 1.54) is 0 Å². The van der Waals surface area contributed by atoms with Gasteiger partial charge in [-0.1, -0.05) is 65.5 Å². The third-order valence-electron chi connectivity index (χ3n) is 3.78. The smallest absolute Gasteiger partial charge is 0.226 e. The highest BCUT2D eigenvalue weighted by Gasteiger charge is 2.20. The minimum absolute atomic E-state index is 0.0947. The first-order chi connectivity index (χ1) is 10.8. The molecular weight excluding hydrogens is 280 g/mol. The molecule has 0 heterocycles. The van der Waals surface area contributed by atoms with Gasteiger partial charge >= 0.3 is 0 Å². The first-order valence-corrected chi connectivity index (χ1v) is 7.85. The summed E-state index contributed by atoms with van der Waals surface area (Å²) < 4.78 is 0. The van der Waals surface area contributed by atoms with Gasteiger partial charge in [0.25, 0.3) is 5.70 Å². The van der Waals surface area contributed by atoms with Crippen molar-refractivity contribution in [2.75, 3.05) is 0 Å². The fourth-order valence-electron chi connectivity index (χ4n) is 3.11. The molecule has 0 fully saturated rings. The minimum atomic E-state index is -0.0947. The van der Waals surface area contributed by atoms with E-state index in [0.717, 1.165) is 32.3 Å². The van der Waals surface area contributed by atoms with Gasteiger partial charge in [0.05, 0.1) is 12.6 Å². The molecule has 0 amide bonds. The molecule has 0 atom stereocenters. The molecule has 2 nitrogen and oxygen atoms in total. The summed E-state index contributed by atoms with van der Waals surface area (Å²) in [5.41, 5.74) is 2.16. The third-order valence-corrected chi connectivity index (χ3v) is 3.78. The number of hydrogen-bond donors (Lipinski definition) is 0. The summed E-state index contributed by atoms with van der Waals surface area (Å²) in [7, 11) is 0. The molecule has 0 bridgehead atoms. The Balaban J connectivity index is 0.00000127. The molecular formula is C21H24N2. The fraction of sp³-hybridized carbons (Fsp3) is 0.333. The van der Waals surface area contributed by atoms with E-state index in [1.807, 2.05) is 51.1 Å². The molecule has 0 spiro atoms. The summed E-state index contributed by atoms with van der Waals surface area (Å²) in [6.45, 7) is 23.9. The van der Waals surface area contributed by atoms with E-state index in [9.17, 15) is 5.26 Å². The Morgan fingerprint density at radius 3 is 2.13 bits per heavy atom. The van der Waals surface area contributed by atoms with Crippen molar-refractivity contribution in [2.45, 2.75) is 47.0 Å². The van der Waals surface area contributed by atoms with E-state index in [2.05, 4.69) is 32.2 Å². The maximum Gasteiger partial charge on any atom is 0.269 e. The molecule has 0 aliphatic heterocycles. The normalized spacial score (nSPS) is 11.8. The van der Waals surface area contributed by atoms with Crippen LogP contribution >= 0.6 is 0 Å². The lowest BCUT2D eigenvalue weighted by atomic mass is 9.80. The molecule has 0 N–H and O–H groups in total. The molecule has 0 radical (unpaired) electrons.